The van der Waals surface area contributed by atoms with E-state index in [1.807, 2.05) is 31.2 Å². The third-order valence-electron chi connectivity index (χ3n) is 4.06. The molecule has 0 saturated carbocycles. The molecule has 0 spiro atoms. The van der Waals surface area contributed by atoms with E-state index in [2.05, 4.69) is 5.32 Å². The molecule has 0 radical (unpaired) electrons. The molecule has 0 aliphatic rings. The van der Waals surface area contributed by atoms with E-state index in [1.54, 1.807) is 26.0 Å². The normalized spacial score (nSPS) is 12.5. The van der Waals surface area contributed by atoms with E-state index in [0.29, 0.717) is 11.3 Å². The van der Waals surface area contributed by atoms with Crippen molar-refractivity contribution in [2.24, 2.45) is 0 Å². The van der Waals surface area contributed by atoms with Gasteiger partial charge in [0, 0.05) is 6.54 Å². The van der Waals surface area contributed by atoms with Gasteiger partial charge in [0.1, 0.15) is 24.3 Å². The number of rotatable bonds is 7. The second kappa shape index (κ2) is 8.12. The third-order valence-corrected chi connectivity index (χ3v) is 4.06. The standard InChI is InChI=1S/C20H24FNO3/c1-14-5-4-6-18(11-14)25-13-17(23)12-22-19(24)20(2,3)15-7-9-16(21)10-8-15/h4-11,17,23H,12-13H2,1-3H3,(H,22,24). The molecule has 1 atom stereocenters. The molecule has 5 heteroatoms. The van der Waals surface area contributed by atoms with Crippen molar-refractivity contribution in [3.8, 4) is 5.75 Å². The number of ether oxygens (including phenoxy) is 1. The van der Waals surface area contributed by atoms with Crippen molar-refractivity contribution in [3.05, 3.63) is 65.5 Å². The van der Waals surface area contributed by atoms with Crippen molar-refractivity contribution in [2.45, 2.75) is 32.3 Å². The summed E-state index contributed by atoms with van der Waals surface area (Å²) >= 11 is 0. The Morgan fingerprint density at radius 3 is 2.56 bits per heavy atom. The maximum Gasteiger partial charge on any atom is 0.230 e. The molecule has 2 rings (SSSR count). The topological polar surface area (TPSA) is 58.6 Å². The quantitative estimate of drug-likeness (QED) is 0.811. The molecule has 2 N–H and O–H groups in total. The first-order chi connectivity index (χ1) is 11.8. The number of benzene rings is 2. The van der Waals surface area contributed by atoms with Gasteiger partial charge in [0.15, 0.2) is 0 Å². The molecule has 0 heterocycles. The summed E-state index contributed by atoms with van der Waals surface area (Å²) < 4.78 is 18.6. The molecule has 0 aromatic heterocycles. The zero-order chi connectivity index (χ0) is 18.4. The zero-order valence-electron chi connectivity index (χ0n) is 14.8. The number of carbonyl (C=O) groups is 1. The summed E-state index contributed by atoms with van der Waals surface area (Å²) in [6.07, 6.45) is -0.825. The van der Waals surface area contributed by atoms with Gasteiger partial charge in [0.25, 0.3) is 0 Å². The Morgan fingerprint density at radius 1 is 1.24 bits per heavy atom. The lowest BCUT2D eigenvalue weighted by Crippen LogP contribution is -2.44. The second-order valence-corrected chi connectivity index (χ2v) is 6.62. The van der Waals surface area contributed by atoms with Crippen LogP contribution in [0.3, 0.4) is 0 Å². The fourth-order valence-electron chi connectivity index (χ4n) is 2.39. The van der Waals surface area contributed by atoms with Gasteiger partial charge in [-0.2, -0.15) is 0 Å². The molecule has 0 bridgehead atoms. The Hall–Kier alpha value is -2.40. The Bertz CT molecular complexity index is 713. The highest BCUT2D eigenvalue weighted by Gasteiger charge is 2.29. The highest BCUT2D eigenvalue weighted by molar-refractivity contribution is 5.87. The number of nitrogens with one attached hydrogen (secondary N) is 1. The van der Waals surface area contributed by atoms with E-state index in [9.17, 15) is 14.3 Å². The van der Waals surface area contributed by atoms with Gasteiger partial charge >= 0.3 is 0 Å². The Labute approximate surface area is 147 Å². The number of aliphatic hydroxyl groups excluding tert-OH is 1. The predicted molar refractivity (Wildman–Crippen MR) is 95.1 cm³/mol. The highest BCUT2D eigenvalue weighted by atomic mass is 19.1. The van der Waals surface area contributed by atoms with Crippen LogP contribution in [0.5, 0.6) is 5.75 Å². The predicted octanol–water partition coefficient (Wildman–Crippen LogP) is 2.97. The smallest absolute Gasteiger partial charge is 0.230 e. The Kier molecular flexibility index (Phi) is 6.15. The van der Waals surface area contributed by atoms with Gasteiger partial charge in [-0.05, 0) is 56.2 Å². The van der Waals surface area contributed by atoms with Crippen LogP contribution in [0.25, 0.3) is 0 Å². The number of amides is 1. The van der Waals surface area contributed by atoms with Crippen LogP contribution >= 0.6 is 0 Å². The molecule has 2 aromatic carbocycles. The number of aliphatic hydroxyl groups is 1. The molecule has 0 fully saturated rings. The average molecular weight is 345 g/mol. The minimum atomic E-state index is -0.829. The maximum atomic E-state index is 13.0. The van der Waals surface area contributed by atoms with Crippen LogP contribution in [0.4, 0.5) is 4.39 Å². The van der Waals surface area contributed by atoms with Gasteiger partial charge in [-0.15, -0.1) is 0 Å². The summed E-state index contributed by atoms with van der Waals surface area (Å²) in [6, 6.07) is 13.4. The first-order valence-electron chi connectivity index (χ1n) is 8.21. The summed E-state index contributed by atoms with van der Waals surface area (Å²) in [4.78, 5) is 12.4. The van der Waals surface area contributed by atoms with Crippen molar-refractivity contribution in [1.29, 1.82) is 0 Å². The van der Waals surface area contributed by atoms with E-state index < -0.39 is 11.5 Å². The largest absolute Gasteiger partial charge is 0.491 e. The van der Waals surface area contributed by atoms with Crippen LogP contribution in [0.2, 0.25) is 0 Å². The van der Waals surface area contributed by atoms with Crippen molar-refractivity contribution >= 4 is 5.91 Å². The Morgan fingerprint density at radius 2 is 1.92 bits per heavy atom. The number of hydrogen-bond acceptors (Lipinski definition) is 3. The lowest BCUT2D eigenvalue weighted by molar-refractivity contribution is -0.126. The fraction of sp³-hybridized carbons (Fsp3) is 0.350. The van der Waals surface area contributed by atoms with Crippen LogP contribution < -0.4 is 10.1 Å². The molecular formula is C20H24FNO3. The fourth-order valence-corrected chi connectivity index (χ4v) is 2.39. The van der Waals surface area contributed by atoms with Crippen molar-refractivity contribution in [2.75, 3.05) is 13.2 Å². The molecule has 0 aliphatic heterocycles. The van der Waals surface area contributed by atoms with E-state index in [-0.39, 0.29) is 24.9 Å². The van der Waals surface area contributed by atoms with Gasteiger partial charge in [0.05, 0.1) is 5.41 Å². The van der Waals surface area contributed by atoms with Gasteiger partial charge < -0.3 is 15.2 Å². The van der Waals surface area contributed by atoms with Crippen LogP contribution in [-0.4, -0.2) is 30.3 Å². The average Bonchev–Trinajstić information content (AvgIpc) is 2.58. The van der Waals surface area contributed by atoms with Crippen LogP contribution in [-0.2, 0) is 10.2 Å². The molecule has 25 heavy (non-hydrogen) atoms. The zero-order valence-corrected chi connectivity index (χ0v) is 14.8. The third kappa shape index (κ3) is 5.29. The maximum absolute atomic E-state index is 13.0. The molecule has 0 aliphatic carbocycles. The number of hydrogen-bond donors (Lipinski definition) is 2. The van der Waals surface area contributed by atoms with E-state index in [4.69, 9.17) is 4.74 Å². The first kappa shape index (κ1) is 18.9. The van der Waals surface area contributed by atoms with Gasteiger partial charge in [-0.1, -0.05) is 24.3 Å². The molecule has 4 nitrogen and oxygen atoms in total. The summed E-state index contributed by atoms with van der Waals surface area (Å²) in [5.74, 6) is 0.0920. The Balaban J connectivity index is 1.84. The molecule has 0 saturated heterocycles. The van der Waals surface area contributed by atoms with E-state index in [1.165, 1.54) is 12.1 Å². The summed E-state index contributed by atoms with van der Waals surface area (Å²) in [5.41, 5.74) is 0.948. The molecular weight excluding hydrogens is 321 g/mol. The van der Waals surface area contributed by atoms with Crippen molar-refractivity contribution in [3.63, 3.8) is 0 Å². The molecule has 2 aromatic rings. The number of carbonyl (C=O) groups excluding carboxylic acids is 1. The van der Waals surface area contributed by atoms with Crippen LogP contribution in [0.15, 0.2) is 48.5 Å². The minimum absolute atomic E-state index is 0.0786. The first-order valence-corrected chi connectivity index (χ1v) is 8.21. The molecule has 1 unspecified atom stereocenters. The van der Waals surface area contributed by atoms with Gasteiger partial charge in [-0.25, -0.2) is 4.39 Å². The highest BCUT2D eigenvalue weighted by Crippen LogP contribution is 2.23. The monoisotopic (exact) mass is 345 g/mol. The van der Waals surface area contributed by atoms with Gasteiger partial charge in [-0.3, -0.25) is 4.79 Å². The lowest BCUT2D eigenvalue weighted by Gasteiger charge is -2.25. The van der Waals surface area contributed by atoms with Crippen LogP contribution in [0.1, 0.15) is 25.0 Å². The van der Waals surface area contributed by atoms with E-state index >= 15 is 0 Å². The lowest BCUT2D eigenvalue weighted by atomic mass is 9.83. The van der Waals surface area contributed by atoms with Crippen LogP contribution in [0, 0.1) is 12.7 Å². The molecule has 1 amide bonds. The molecule has 134 valence electrons. The van der Waals surface area contributed by atoms with E-state index in [0.717, 1.165) is 5.56 Å². The van der Waals surface area contributed by atoms with Crippen molar-refractivity contribution in [1.82, 2.24) is 5.32 Å². The van der Waals surface area contributed by atoms with Crippen molar-refractivity contribution < 1.29 is 19.0 Å². The number of halogens is 1. The minimum Gasteiger partial charge on any atom is -0.491 e. The summed E-state index contributed by atoms with van der Waals surface area (Å²) in [5, 5.41) is 12.7. The number of aryl methyl sites for hydroxylation is 1. The SMILES string of the molecule is Cc1cccc(OCC(O)CNC(=O)C(C)(C)c2ccc(F)cc2)c1. The summed E-state index contributed by atoms with van der Waals surface area (Å²) in [7, 11) is 0. The second-order valence-electron chi connectivity index (χ2n) is 6.62. The van der Waals surface area contributed by atoms with Gasteiger partial charge in [0.2, 0.25) is 5.91 Å². The summed E-state index contributed by atoms with van der Waals surface area (Å²) in [6.45, 7) is 5.63.